The Labute approximate surface area is 321 Å². The molecule has 0 radical (unpaired) electrons. The first-order valence-corrected chi connectivity index (χ1v) is 18.9. The summed E-state index contributed by atoms with van der Waals surface area (Å²) in [5.41, 5.74) is 12.3. The largest absolute Gasteiger partial charge is 0.423 e. The highest BCUT2D eigenvalue weighted by Crippen LogP contribution is 2.49. The zero-order valence-corrected chi connectivity index (χ0v) is 30.6. The third kappa shape index (κ3) is 4.28. The number of para-hydroxylation sites is 4. The van der Waals surface area contributed by atoms with Gasteiger partial charge in [-0.2, -0.15) is 15.0 Å². The minimum absolute atomic E-state index is 0.170. The van der Waals surface area contributed by atoms with Crippen LogP contribution in [0.15, 0.2) is 162 Å². The van der Waals surface area contributed by atoms with E-state index in [0.717, 1.165) is 65.8 Å². The van der Waals surface area contributed by atoms with Gasteiger partial charge in [0.2, 0.25) is 5.95 Å². The van der Waals surface area contributed by atoms with Gasteiger partial charge < -0.3 is 4.42 Å². The van der Waals surface area contributed by atoms with E-state index in [2.05, 4.69) is 138 Å². The van der Waals surface area contributed by atoms with Crippen LogP contribution in [0, 0.1) is 0 Å². The molecule has 0 bridgehead atoms. The second-order valence-corrected chi connectivity index (χ2v) is 15.1. The molecular weight excluding hydrogens is 689 g/mol. The maximum absolute atomic E-state index is 6.53. The van der Waals surface area contributed by atoms with Crippen LogP contribution in [0.3, 0.4) is 0 Å². The smallest absolute Gasteiger partial charge is 0.307 e. The Morgan fingerprint density at radius 1 is 0.464 bits per heavy atom. The average molecular weight is 721 g/mol. The standard InChI is InChI=1S/C49H32N6O/c1-49(2)37-19-9-6-16-31(37)32-25-24-30(28-38(32)49)46-51-45(29-14-4-3-5-15-29)52-47(53-46)54-40-21-11-7-17-33(40)35-26-27-36-34-18-8-12-22-41(34)55(44(36)43(35)54)48-50-39-20-10-13-23-42(39)56-48/h3-28H,1-2H3. The van der Waals surface area contributed by atoms with E-state index in [1.807, 2.05) is 42.5 Å². The Morgan fingerprint density at radius 2 is 1.07 bits per heavy atom. The molecule has 7 heteroatoms. The van der Waals surface area contributed by atoms with Crippen LogP contribution in [0.4, 0.5) is 0 Å². The Bertz CT molecular complexity index is 3370. The molecule has 12 rings (SSSR count). The van der Waals surface area contributed by atoms with Gasteiger partial charge in [-0.25, -0.2) is 4.98 Å². The number of fused-ring (bicyclic) bond motifs is 11. The van der Waals surface area contributed by atoms with Crippen molar-refractivity contribution in [1.82, 2.24) is 29.1 Å². The topological polar surface area (TPSA) is 74.6 Å². The van der Waals surface area contributed by atoms with Crippen LogP contribution in [0.2, 0.25) is 0 Å². The predicted molar refractivity (Wildman–Crippen MR) is 225 cm³/mol. The number of oxazole rings is 1. The Morgan fingerprint density at radius 3 is 1.84 bits per heavy atom. The van der Waals surface area contributed by atoms with Crippen molar-refractivity contribution in [2.24, 2.45) is 0 Å². The lowest BCUT2D eigenvalue weighted by Crippen LogP contribution is -2.15. The Hall–Kier alpha value is -7.38. The Balaban J connectivity index is 1.19. The molecule has 0 saturated carbocycles. The maximum Gasteiger partial charge on any atom is 0.307 e. The minimum Gasteiger partial charge on any atom is -0.423 e. The van der Waals surface area contributed by atoms with Crippen molar-refractivity contribution in [3.63, 3.8) is 0 Å². The molecule has 1 aliphatic carbocycles. The first-order chi connectivity index (χ1) is 27.5. The molecule has 0 saturated heterocycles. The molecule has 4 aromatic heterocycles. The van der Waals surface area contributed by atoms with Gasteiger partial charge in [-0.1, -0.05) is 141 Å². The normalized spacial score (nSPS) is 13.3. The molecule has 0 amide bonds. The molecule has 7 aromatic carbocycles. The van der Waals surface area contributed by atoms with Crippen molar-refractivity contribution in [2.45, 2.75) is 19.3 Å². The summed E-state index contributed by atoms with van der Waals surface area (Å²) >= 11 is 0. The van der Waals surface area contributed by atoms with E-state index in [-0.39, 0.29) is 5.41 Å². The third-order valence-corrected chi connectivity index (χ3v) is 11.6. The molecule has 7 nitrogen and oxygen atoms in total. The molecule has 56 heavy (non-hydrogen) atoms. The zero-order valence-electron chi connectivity index (χ0n) is 30.6. The molecule has 1 aliphatic rings. The highest BCUT2D eigenvalue weighted by molar-refractivity contribution is 6.23. The summed E-state index contributed by atoms with van der Waals surface area (Å²) < 4.78 is 10.9. The van der Waals surface area contributed by atoms with Crippen LogP contribution in [0.1, 0.15) is 25.0 Å². The number of rotatable bonds is 4. The van der Waals surface area contributed by atoms with Crippen LogP contribution in [0.25, 0.3) is 101 Å². The van der Waals surface area contributed by atoms with Crippen LogP contribution in [0.5, 0.6) is 0 Å². The highest BCUT2D eigenvalue weighted by Gasteiger charge is 2.35. The van der Waals surface area contributed by atoms with Gasteiger partial charge in [-0.05, 0) is 52.6 Å². The van der Waals surface area contributed by atoms with Gasteiger partial charge in [0.05, 0.1) is 22.1 Å². The van der Waals surface area contributed by atoms with Crippen molar-refractivity contribution in [2.75, 3.05) is 0 Å². The first-order valence-electron chi connectivity index (χ1n) is 18.9. The number of benzene rings is 7. The van der Waals surface area contributed by atoms with E-state index >= 15 is 0 Å². The van der Waals surface area contributed by atoms with Gasteiger partial charge in [0, 0.05) is 38.1 Å². The lowest BCUT2D eigenvalue weighted by molar-refractivity contribution is 0.574. The van der Waals surface area contributed by atoms with Crippen LogP contribution in [-0.4, -0.2) is 29.1 Å². The summed E-state index contributed by atoms with van der Waals surface area (Å²) in [6, 6.07) is 55.3. The second-order valence-electron chi connectivity index (χ2n) is 15.1. The SMILES string of the molecule is CC1(C)c2ccccc2-c2ccc(-c3nc(-c4ccccc4)nc(-n4c5ccccc5c5ccc6c7ccccc7n(-c7nc8ccccc8o7)c6c54)n3)cc21. The summed E-state index contributed by atoms with van der Waals surface area (Å²) in [5.74, 6) is 1.75. The first kappa shape index (κ1) is 31.0. The number of nitrogens with zero attached hydrogens (tertiary/aromatic N) is 6. The van der Waals surface area contributed by atoms with Crippen LogP contribution in [-0.2, 0) is 5.41 Å². The fourth-order valence-electron chi connectivity index (χ4n) is 9.02. The van der Waals surface area contributed by atoms with Gasteiger partial charge in [-0.15, -0.1) is 0 Å². The third-order valence-electron chi connectivity index (χ3n) is 11.6. The van der Waals surface area contributed by atoms with Crippen LogP contribution < -0.4 is 0 Å². The fraction of sp³-hybridized carbons (Fsp3) is 0.0612. The molecule has 4 heterocycles. The van der Waals surface area contributed by atoms with Gasteiger partial charge >= 0.3 is 6.01 Å². The van der Waals surface area contributed by atoms with Crippen molar-refractivity contribution in [1.29, 1.82) is 0 Å². The zero-order chi connectivity index (χ0) is 37.1. The number of hydrogen-bond acceptors (Lipinski definition) is 5. The lowest BCUT2D eigenvalue weighted by atomic mass is 9.82. The molecule has 264 valence electrons. The lowest BCUT2D eigenvalue weighted by Gasteiger charge is -2.21. The second kappa shape index (κ2) is 11.3. The van der Waals surface area contributed by atoms with Gasteiger partial charge in [0.25, 0.3) is 0 Å². The average Bonchev–Trinajstić information content (AvgIpc) is 3.98. The van der Waals surface area contributed by atoms with Gasteiger partial charge in [0.15, 0.2) is 17.2 Å². The summed E-state index contributed by atoms with van der Waals surface area (Å²) in [6.45, 7) is 4.60. The monoisotopic (exact) mass is 720 g/mol. The summed E-state index contributed by atoms with van der Waals surface area (Å²) in [5, 5.41) is 4.36. The molecule has 0 aliphatic heterocycles. The maximum atomic E-state index is 6.53. The van der Waals surface area contributed by atoms with Crippen LogP contribution >= 0.6 is 0 Å². The quantitative estimate of drug-likeness (QED) is 0.181. The minimum atomic E-state index is -0.170. The summed E-state index contributed by atoms with van der Waals surface area (Å²) in [4.78, 5) is 20.9. The fourth-order valence-corrected chi connectivity index (χ4v) is 9.02. The molecular formula is C49H32N6O. The predicted octanol–water partition coefficient (Wildman–Crippen LogP) is 11.8. The van der Waals surface area contributed by atoms with E-state index in [1.165, 1.54) is 22.3 Å². The molecule has 0 N–H and O–H groups in total. The van der Waals surface area contributed by atoms with E-state index in [1.54, 1.807) is 0 Å². The molecule has 0 spiro atoms. The van der Waals surface area contributed by atoms with Crippen molar-refractivity contribution >= 4 is 54.7 Å². The summed E-state index contributed by atoms with van der Waals surface area (Å²) in [7, 11) is 0. The van der Waals surface area contributed by atoms with E-state index in [4.69, 9.17) is 24.4 Å². The van der Waals surface area contributed by atoms with E-state index in [9.17, 15) is 0 Å². The molecule has 11 aromatic rings. The number of hydrogen-bond donors (Lipinski definition) is 0. The summed E-state index contributed by atoms with van der Waals surface area (Å²) in [6.07, 6.45) is 0. The molecule has 0 atom stereocenters. The molecule has 0 fully saturated rings. The van der Waals surface area contributed by atoms with Crippen molar-refractivity contribution in [3.05, 3.63) is 169 Å². The number of aromatic nitrogens is 6. The van der Waals surface area contributed by atoms with Gasteiger partial charge in [-0.3, -0.25) is 9.13 Å². The molecule has 0 unspecified atom stereocenters. The van der Waals surface area contributed by atoms with E-state index in [0.29, 0.717) is 23.6 Å². The van der Waals surface area contributed by atoms with Gasteiger partial charge in [0.1, 0.15) is 5.52 Å². The Kier molecular flexibility index (Phi) is 6.27. The highest BCUT2D eigenvalue weighted by atomic mass is 16.4. The van der Waals surface area contributed by atoms with Crippen molar-refractivity contribution < 1.29 is 4.42 Å². The van der Waals surface area contributed by atoms with E-state index < -0.39 is 0 Å². The van der Waals surface area contributed by atoms with Crippen molar-refractivity contribution in [3.8, 4) is 45.9 Å².